The molecular formula is C15H20BrF3N2. The second-order valence-corrected chi connectivity index (χ2v) is 6.47. The van der Waals surface area contributed by atoms with E-state index in [0.717, 1.165) is 25.5 Å². The Morgan fingerprint density at radius 1 is 1.38 bits per heavy atom. The van der Waals surface area contributed by atoms with E-state index in [1.54, 1.807) is 6.07 Å². The summed E-state index contributed by atoms with van der Waals surface area (Å²) in [6.45, 7) is 3.04. The van der Waals surface area contributed by atoms with Crippen molar-refractivity contribution in [3.05, 3.63) is 28.2 Å². The van der Waals surface area contributed by atoms with Crippen LogP contribution in [0.15, 0.2) is 22.7 Å². The number of anilines is 1. The lowest BCUT2D eigenvalue weighted by Crippen LogP contribution is -2.37. The fourth-order valence-electron chi connectivity index (χ4n) is 2.73. The molecule has 1 aromatic carbocycles. The van der Waals surface area contributed by atoms with Gasteiger partial charge in [-0.1, -0.05) is 22.4 Å². The average molecular weight is 365 g/mol. The van der Waals surface area contributed by atoms with Crippen LogP contribution < -0.4 is 10.6 Å². The first-order chi connectivity index (χ1) is 9.86. The molecule has 0 amide bonds. The number of hydrogen-bond acceptors (Lipinski definition) is 2. The largest absolute Gasteiger partial charge is 0.417 e. The SMILES string of the molecule is CC(CC1CCCCN1)Nc1ccc(Br)c(C(F)(F)F)c1. The van der Waals surface area contributed by atoms with E-state index in [0.29, 0.717) is 11.7 Å². The molecule has 2 rings (SSSR count). The van der Waals surface area contributed by atoms with Crippen LogP contribution in [0.25, 0.3) is 0 Å². The Morgan fingerprint density at radius 3 is 2.76 bits per heavy atom. The normalized spacial score (nSPS) is 21.1. The Balaban J connectivity index is 1.98. The first-order valence-corrected chi connectivity index (χ1v) is 8.02. The Labute approximate surface area is 131 Å². The van der Waals surface area contributed by atoms with Crippen molar-refractivity contribution in [3.63, 3.8) is 0 Å². The van der Waals surface area contributed by atoms with Crippen molar-refractivity contribution in [1.29, 1.82) is 0 Å². The van der Waals surface area contributed by atoms with Crippen LogP contribution in [0, 0.1) is 0 Å². The number of alkyl halides is 3. The molecule has 1 fully saturated rings. The van der Waals surface area contributed by atoms with Gasteiger partial charge in [-0.05, 0) is 50.9 Å². The lowest BCUT2D eigenvalue weighted by molar-refractivity contribution is -0.138. The quantitative estimate of drug-likeness (QED) is 0.801. The van der Waals surface area contributed by atoms with Gasteiger partial charge in [-0.25, -0.2) is 0 Å². The number of halogens is 4. The number of benzene rings is 1. The van der Waals surface area contributed by atoms with Gasteiger partial charge in [0.15, 0.2) is 0 Å². The van der Waals surface area contributed by atoms with Gasteiger partial charge in [-0.15, -0.1) is 0 Å². The molecule has 1 aliphatic heterocycles. The van der Waals surface area contributed by atoms with Crippen molar-refractivity contribution >= 4 is 21.6 Å². The van der Waals surface area contributed by atoms with Gasteiger partial charge < -0.3 is 10.6 Å². The van der Waals surface area contributed by atoms with Crippen molar-refractivity contribution in [1.82, 2.24) is 5.32 Å². The summed E-state index contributed by atoms with van der Waals surface area (Å²) in [5, 5.41) is 6.62. The van der Waals surface area contributed by atoms with Crippen molar-refractivity contribution < 1.29 is 13.2 Å². The lowest BCUT2D eigenvalue weighted by Gasteiger charge is -2.27. The summed E-state index contributed by atoms with van der Waals surface area (Å²) in [5.41, 5.74) is -0.135. The van der Waals surface area contributed by atoms with Crippen molar-refractivity contribution in [2.24, 2.45) is 0 Å². The molecule has 21 heavy (non-hydrogen) atoms. The van der Waals surface area contributed by atoms with Gasteiger partial charge in [-0.3, -0.25) is 0 Å². The summed E-state index contributed by atoms with van der Waals surface area (Å²) in [6, 6.07) is 4.86. The second-order valence-electron chi connectivity index (χ2n) is 5.62. The van der Waals surface area contributed by atoms with E-state index < -0.39 is 11.7 Å². The van der Waals surface area contributed by atoms with Gasteiger partial charge in [-0.2, -0.15) is 13.2 Å². The van der Waals surface area contributed by atoms with Crippen LogP contribution in [-0.4, -0.2) is 18.6 Å². The third-order valence-electron chi connectivity index (χ3n) is 3.74. The molecule has 2 unspecified atom stereocenters. The predicted octanol–water partition coefficient (Wildman–Crippen LogP) is 4.80. The molecule has 0 aliphatic carbocycles. The minimum absolute atomic E-state index is 0.0714. The summed E-state index contributed by atoms with van der Waals surface area (Å²) in [4.78, 5) is 0. The van der Waals surface area contributed by atoms with Crippen molar-refractivity contribution in [2.75, 3.05) is 11.9 Å². The van der Waals surface area contributed by atoms with Crippen LogP contribution in [-0.2, 0) is 6.18 Å². The fraction of sp³-hybridized carbons (Fsp3) is 0.600. The highest BCUT2D eigenvalue weighted by Gasteiger charge is 2.33. The maximum absolute atomic E-state index is 12.9. The van der Waals surface area contributed by atoms with E-state index in [-0.39, 0.29) is 10.5 Å². The molecule has 0 bridgehead atoms. The zero-order chi connectivity index (χ0) is 15.5. The third-order valence-corrected chi connectivity index (χ3v) is 4.43. The number of rotatable bonds is 4. The van der Waals surface area contributed by atoms with E-state index in [4.69, 9.17) is 0 Å². The molecule has 1 heterocycles. The molecule has 6 heteroatoms. The molecule has 0 saturated carbocycles. The third kappa shape index (κ3) is 4.88. The van der Waals surface area contributed by atoms with E-state index in [1.165, 1.54) is 18.9 Å². The second kappa shape index (κ2) is 7.01. The smallest absolute Gasteiger partial charge is 0.383 e. The van der Waals surface area contributed by atoms with E-state index in [1.807, 2.05) is 6.92 Å². The van der Waals surface area contributed by atoms with Crippen LogP contribution in [0.2, 0.25) is 0 Å². The Kier molecular flexibility index (Phi) is 5.54. The summed E-state index contributed by atoms with van der Waals surface area (Å²) in [7, 11) is 0. The molecule has 1 aliphatic rings. The molecule has 0 radical (unpaired) electrons. The van der Waals surface area contributed by atoms with Gasteiger partial charge >= 0.3 is 6.18 Å². The number of hydrogen-bond donors (Lipinski definition) is 2. The first kappa shape index (κ1) is 16.6. The highest BCUT2D eigenvalue weighted by atomic mass is 79.9. The van der Waals surface area contributed by atoms with Crippen molar-refractivity contribution in [2.45, 2.75) is 50.9 Å². The molecule has 0 spiro atoms. The predicted molar refractivity (Wildman–Crippen MR) is 82.5 cm³/mol. The van der Waals surface area contributed by atoms with E-state index in [2.05, 4.69) is 26.6 Å². The van der Waals surface area contributed by atoms with E-state index in [9.17, 15) is 13.2 Å². The maximum atomic E-state index is 12.9. The minimum Gasteiger partial charge on any atom is -0.383 e. The van der Waals surface area contributed by atoms with Gasteiger partial charge in [0, 0.05) is 22.2 Å². The topological polar surface area (TPSA) is 24.1 Å². The standard InChI is InChI=1S/C15H20BrF3N2/c1-10(8-11-4-2-3-7-20-11)21-12-5-6-14(16)13(9-12)15(17,18)19/h5-6,9-11,20-21H,2-4,7-8H2,1H3. The fourth-order valence-corrected chi connectivity index (χ4v) is 3.20. The van der Waals surface area contributed by atoms with Crippen LogP contribution >= 0.6 is 15.9 Å². The average Bonchev–Trinajstić information content (AvgIpc) is 2.41. The van der Waals surface area contributed by atoms with E-state index >= 15 is 0 Å². The Hall–Kier alpha value is -0.750. The highest BCUT2D eigenvalue weighted by molar-refractivity contribution is 9.10. The molecule has 2 nitrogen and oxygen atoms in total. The summed E-state index contributed by atoms with van der Waals surface area (Å²) in [6.07, 6.45) is 0.142. The molecular weight excluding hydrogens is 345 g/mol. The molecule has 0 aromatic heterocycles. The van der Waals surface area contributed by atoms with Crippen LogP contribution in [0.1, 0.15) is 38.2 Å². The summed E-state index contributed by atoms with van der Waals surface area (Å²) >= 11 is 2.95. The van der Waals surface area contributed by atoms with Gasteiger partial charge in [0.05, 0.1) is 5.56 Å². The van der Waals surface area contributed by atoms with Gasteiger partial charge in [0.25, 0.3) is 0 Å². The lowest BCUT2D eigenvalue weighted by atomic mass is 9.98. The number of nitrogens with one attached hydrogen (secondary N) is 2. The monoisotopic (exact) mass is 364 g/mol. The van der Waals surface area contributed by atoms with Crippen LogP contribution in [0.4, 0.5) is 18.9 Å². The van der Waals surface area contributed by atoms with Crippen LogP contribution in [0.3, 0.4) is 0 Å². The zero-order valence-corrected chi connectivity index (χ0v) is 13.5. The number of piperidine rings is 1. The summed E-state index contributed by atoms with van der Waals surface area (Å²) < 4.78 is 38.7. The van der Waals surface area contributed by atoms with Crippen LogP contribution in [0.5, 0.6) is 0 Å². The Bertz CT molecular complexity index is 470. The first-order valence-electron chi connectivity index (χ1n) is 7.23. The van der Waals surface area contributed by atoms with Gasteiger partial charge in [0.2, 0.25) is 0 Å². The Morgan fingerprint density at radius 2 is 2.14 bits per heavy atom. The zero-order valence-electron chi connectivity index (χ0n) is 11.9. The molecule has 2 N–H and O–H groups in total. The summed E-state index contributed by atoms with van der Waals surface area (Å²) in [5.74, 6) is 0. The molecule has 1 aromatic rings. The molecule has 118 valence electrons. The maximum Gasteiger partial charge on any atom is 0.417 e. The van der Waals surface area contributed by atoms with Crippen molar-refractivity contribution in [3.8, 4) is 0 Å². The minimum atomic E-state index is -4.34. The van der Waals surface area contributed by atoms with Gasteiger partial charge in [0.1, 0.15) is 0 Å². The highest BCUT2D eigenvalue weighted by Crippen LogP contribution is 2.36. The molecule has 1 saturated heterocycles. The molecule has 2 atom stereocenters.